The lowest BCUT2D eigenvalue weighted by molar-refractivity contribution is -0.133. The summed E-state index contributed by atoms with van der Waals surface area (Å²) >= 11 is 0. The Morgan fingerprint density at radius 3 is 2.88 bits per heavy atom. The maximum absolute atomic E-state index is 12.5. The smallest absolute Gasteiger partial charge is 0.244 e. The van der Waals surface area contributed by atoms with E-state index in [0.717, 1.165) is 44.2 Å². The van der Waals surface area contributed by atoms with Crippen LogP contribution in [0.5, 0.6) is 0 Å². The number of allylic oxidation sites excluding steroid dienone is 2. The zero-order chi connectivity index (χ0) is 12.3. The quantitative estimate of drug-likeness (QED) is 0.743. The van der Waals surface area contributed by atoms with Crippen molar-refractivity contribution in [2.24, 2.45) is 0 Å². The van der Waals surface area contributed by atoms with E-state index in [1.807, 2.05) is 11.9 Å². The first kappa shape index (κ1) is 12.4. The molecule has 0 aromatic rings. The summed E-state index contributed by atoms with van der Waals surface area (Å²) in [5.41, 5.74) is 1.01. The molecule has 1 aliphatic carbocycles. The molecule has 0 radical (unpaired) electrons. The first-order valence-corrected chi connectivity index (χ1v) is 6.57. The van der Waals surface area contributed by atoms with Crippen LogP contribution in [0, 0.1) is 0 Å². The Morgan fingerprint density at radius 1 is 1.41 bits per heavy atom. The van der Waals surface area contributed by atoms with E-state index >= 15 is 0 Å². The number of nitrogens with one attached hydrogen (secondary N) is 1. The normalized spacial score (nSPS) is 30.5. The molecule has 1 N–H and O–H groups in total. The summed E-state index contributed by atoms with van der Waals surface area (Å²) in [5, 5.41) is 3.13. The Hall–Kier alpha value is -1.09. The van der Waals surface area contributed by atoms with Crippen LogP contribution < -0.4 is 5.32 Å². The molecule has 3 nitrogen and oxygen atoms in total. The highest BCUT2D eigenvalue weighted by Crippen LogP contribution is 2.27. The Bertz CT molecular complexity index is 335. The van der Waals surface area contributed by atoms with E-state index in [1.165, 1.54) is 0 Å². The van der Waals surface area contributed by atoms with E-state index in [4.69, 9.17) is 0 Å². The van der Waals surface area contributed by atoms with Gasteiger partial charge in [0.1, 0.15) is 0 Å². The minimum absolute atomic E-state index is 0.0276. The van der Waals surface area contributed by atoms with Gasteiger partial charge in [-0.05, 0) is 45.6 Å². The van der Waals surface area contributed by atoms with E-state index < -0.39 is 0 Å². The summed E-state index contributed by atoms with van der Waals surface area (Å²) in [6.07, 6.45) is 10.4. The van der Waals surface area contributed by atoms with Crippen molar-refractivity contribution in [3.8, 4) is 0 Å². The summed E-state index contributed by atoms with van der Waals surface area (Å²) in [7, 11) is 1.87. The van der Waals surface area contributed by atoms with Gasteiger partial charge in [-0.1, -0.05) is 18.7 Å². The third-order valence-electron chi connectivity index (χ3n) is 3.79. The molecule has 1 heterocycles. The number of amides is 1. The van der Waals surface area contributed by atoms with E-state index in [2.05, 4.69) is 24.0 Å². The second-order valence-electron chi connectivity index (χ2n) is 4.95. The average molecular weight is 234 g/mol. The minimum Gasteiger partial charge on any atom is -0.312 e. The highest BCUT2D eigenvalue weighted by molar-refractivity contribution is 5.84. The fraction of sp³-hybridized carbons (Fsp3) is 0.643. The number of likely N-dealkylation sites (N-methyl/N-ethyl adjacent to an activating group) is 1. The molecule has 2 unspecified atom stereocenters. The van der Waals surface area contributed by atoms with Crippen molar-refractivity contribution >= 4 is 5.91 Å². The third-order valence-corrected chi connectivity index (χ3v) is 3.79. The molecule has 1 amide bonds. The molecule has 1 aliphatic heterocycles. The number of likely N-dealkylation sites (tertiary alicyclic amines) is 1. The zero-order valence-corrected chi connectivity index (χ0v) is 10.6. The van der Waals surface area contributed by atoms with Crippen LogP contribution in [0.1, 0.15) is 38.5 Å². The predicted octanol–water partition coefficient (Wildman–Crippen LogP) is 2.21. The standard InChI is InChI=1S/C14H22N2O/c1-11-7-6-10-13(15-2)14(17)16(11)12-8-4-3-5-9-12/h3-4,12-13,15H,1,5-10H2,2H3. The number of nitrogens with zero attached hydrogens (tertiary/aromatic N) is 1. The summed E-state index contributed by atoms with van der Waals surface area (Å²) in [5.74, 6) is 0.218. The lowest BCUT2D eigenvalue weighted by atomic mass is 9.99. The van der Waals surface area contributed by atoms with Crippen LogP contribution in [0.25, 0.3) is 0 Å². The van der Waals surface area contributed by atoms with Gasteiger partial charge in [0.05, 0.1) is 6.04 Å². The van der Waals surface area contributed by atoms with Gasteiger partial charge in [-0.25, -0.2) is 0 Å². The molecule has 0 aromatic heterocycles. The molecule has 3 heteroatoms. The summed E-state index contributed by atoms with van der Waals surface area (Å²) in [4.78, 5) is 14.4. The van der Waals surface area contributed by atoms with Crippen molar-refractivity contribution in [1.82, 2.24) is 10.2 Å². The topological polar surface area (TPSA) is 32.3 Å². The lowest BCUT2D eigenvalue weighted by Crippen LogP contribution is -2.47. The third kappa shape index (κ3) is 2.60. The first-order valence-electron chi connectivity index (χ1n) is 6.57. The molecule has 2 rings (SSSR count). The molecular weight excluding hydrogens is 212 g/mol. The Balaban J connectivity index is 2.17. The maximum Gasteiger partial charge on any atom is 0.244 e. The van der Waals surface area contributed by atoms with Gasteiger partial charge >= 0.3 is 0 Å². The molecular formula is C14H22N2O. The number of carbonyl (C=O) groups is 1. The number of hydrogen-bond donors (Lipinski definition) is 1. The van der Waals surface area contributed by atoms with Gasteiger partial charge in [-0.2, -0.15) is 0 Å². The van der Waals surface area contributed by atoms with Crippen LogP contribution in [-0.4, -0.2) is 29.9 Å². The zero-order valence-electron chi connectivity index (χ0n) is 10.6. The van der Waals surface area contributed by atoms with Gasteiger partial charge in [0.2, 0.25) is 5.91 Å². The largest absolute Gasteiger partial charge is 0.312 e. The molecule has 0 bridgehead atoms. The lowest BCUT2D eigenvalue weighted by Gasteiger charge is -2.34. The van der Waals surface area contributed by atoms with Crippen LogP contribution in [0.3, 0.4) is 0 Å². The molecule has 0 aromatic carbocycles. The van der Waals surface area contributed by atoms with Crippen molar-refractivity contribution in [3.05, 3.63) is 24.4 Å². The van der Waals surface area contributed by atoms with Crippen molar-refractivity contribution in [3.63, 3.8) is 0 Å². The van der Waals surface area contributed by atoms with Crippen LogP contribution >= 0.6 is 0 Å². The van der Waals surface area contributed by atoms with Gasteiger partial charge in [0.25, 0.3) is 0 Å². The molecule has 2 atom stereocenters. The molecule has 1 saturated heterocycles. The van der Waals surface area contributed by atoms with Gasteiger partial charge in [0, 0.05) is 11.7 Å². The van der Waals surface area contributed by atoms with Gasteiger partial charge in [-0.3, -0.25) is 4.79 Å². The molecule has 0 saturated carbocycles. The predicted molar refractivity (Wildman–Crippen MR) is 69.5 cm³/mol. The summed E-state index contributed by atoms with van der Waals surface area (Å²) in [6, 6.07) is 0.300. The molecule has 2 aliphatic rings. The molecule has 94 valence electrons. The fourth-order valence-electron chi connectivity index (χ4n) is 2.80. The van der Waals surface area contributed by atoms with Gasteiger partial charge < -0.3 is 10.2 Å². The average Bonchev–Trinajstić information content (AvgIpc) is 2.49. The molecule has 1 fully saturated rings. The van der Waals surface area contributed by atoms with E-state index in [1.54, 1.807) is 0 Å². The van der Waals surface area contributed by atoms with Crippen molar-refractivity contribution < 1.29 is 4.79 Å². The van der Waals surface area contributed by atoms with E-state index in [9.17, 15) is 4.79 Å². The van der Waals surface area contributed by atoms with Crippen LogP contribution in [0.4, 0.5) is 0 Å². The van der Waals surface area contributed by atoms with Crippen molar-refractivity contribution in [2.45, 2.75) is 50.6 Å². The van der Waals surface area contributed by atoms with E-state index in [0.29, 0.717) is 6.04 Å². The molecule has 0 spiro atoms. The monoisotopic (exact) mass is 234 g/mol. The summed E-state index contributed by atoms with van der Waals surface area (Å²) < 4.78 is 0. The second kappa shape index (κ2) is 5.50. The maximum atomic E-state index is 12.5. The van der Waals surface area contributed by atoms with Gasteiger partial charge in [-0.15, -0.1) is 0 Å². The highest BCUT2D eigenvalue weighted by atomic mass is 16.2. The number of hydrogen-bond acceptors (Lipinski definition) is 2. The Morgan fingerprint density at radius 2 is 2.24 bits per heavy atom. The minimum atomic E-state index is -0.0276. The molecule has 17 heavy (non-hydrogen) atoms. The van der Waals surface area contributed by atoms with Gasteiger partial charge in [0.15, 0.2) is 0 Å². The SMILES string of the molecule is C=C1CCCC(NC)C(=O)N1C1CC=CCC1. The first-order chi connectivity index (χ1) is 8.24. The summed E-state index contributed by atoms with van der Waals surface area (Å²) in [6.45, 7) is 4.10. The van der Waals surface area contributed by atoms with Crippen molar-refractivity contribution in [2.75, 3.05) is 7.05 Å². The van der Waals surface area contributed by atoms with Crippen LogP contribution in [-0.2, 0) is 4.79 Å². The van der Waals surface area contributed by atoms with E-state index in [-0.39, 0.29) is 11.9 Å². The Kier molecular flexibility index (Phi) is 4.00. The number of rotatable bonds is 2. The van der Waals surface area contributed by atoms with Crippen LogP contribution in [0.2, 0.25) is 0 Å². The van der Waals surface area contributed by atoms with Crippen LogP contribution in [0.15, 0.2) is 24.4 Å². The second-order valence-corrected chi connectivity index (χ2v) is 4.95. The highest BCUT2D eigenvalue weighted by Gasteiger charge is 2.32. The Labute approximate surface area is 104 Å². The van der Waals surface area contributed by atoms with Crippen molar-refractivity contribution in [1.29, 1.82) is 0 Å². The number of carbonyl (C=O) groups excluding carboxylic acids is 1. The fourth-order valence-corrected chi connectivity index (χ4v) is 2.80.